The number of rotatable bonds is 10. The Hall–Kier alpha value is -3.10. The highest BCUT2D eigenvalue weighted by Gasteiger charge is 2.49. The van der Waals surface area contributed by atoms with Gasteiger partial charge in [0.25, 0.3) is 0 Å². The Morgan fingerprint density at radius 3 is 1.39 bits per heavy atom. The van der Waals surface area contributed by atoms with E-state index in [0.29, 0.717) is 0 Å². The van der Waals surface area contributed by atoms with Crippen LogP contribution in [0.2, 0.25) is 0 Å². The Morgan fingerprint density at radius 1 is 0.627 bits per heavy atom. The van der Waals surface area contributed by atoms with Gasteiger partial charge in [-0.05, 0) is 11.1 Å². The molecule has 0 radical (unpaired) electrons. The molecule has 0 aliphatic carbocycles. The lowest BCUT2D eigenvalue weighted by atomic mass is 9.91. The van der Waals surface area contributed by atoms with Gasteiger partial charge in [-0.15, -0.1) is 0 Å². The lowest BCUT2D eigenvalue weighted by Crippen LogP contribution is -2.65. The van der Waals surface area contributed by atoms with Crippen molar-refractivity contribution < 1.29 is 68.6 Å². The van der Waals surface area contributed by atoms with Crippen molar-refractivity contribution in [3.05, 3.63) is 71.8 Å². The minimum Gasteiger partial charge on any atom is -0.394 e. The molecule has 3 saturated heterocycles. The topological polar surface area (TPSA) is 235 Å². The molecule has 3 aliphatic heterocycles. The molecule has 2 amide bonds. The molecule has 0 aromatic heterocycles. The van der Waals surface area contributed by atoms with Crippen LogP contribution in [0.1, 0.15) is 24.0 Å². The summed E-state index contributed by atoms with van der Waals surface area (Å²) in [5.74, 6) is -1.37. The third-order valence-corrected chi connectivity index (χ3v) is 9.14. The van der Waals surface area contributed by atoms with Crippen LogP contribution in [-0.2, 0) is 51.2 Å². The molecule has 3 fully saturated rings. The van der Waals surface area contributed by atoms with Crippen LogP contribution in [0, 0.1) is 5.41 Å². The average molecular weight is 721 g/mol. The van der Waals surface area contributed by atoms with Crippen LogP contribution in [0.5, 0.6) is 0 Å². The fourth-order valence-corrected chi connectivity index (χ4v) is 6.19. The van der Waals surface area contributed by atoms with Gasteiger partial charge in [-0.2, -0.15) is 0 Å². The Morgan fingerprint density at radius 2 is 1.02 bits per heavy atom. The molecule has 10 atom stereocenters. The minimum absolute atomic E-state index is 0.0621. The highest BCUT2D eigenvalue weighted by atomic mass is 16.7. The summed E-state index contributed by atoms with van der Waals surface area (Å²) in [6.07, 6.45) is -12.4. The predicted octanol–water partition coefficient (Wildman–Crippen LogP) is -1.92. The number of nitrogens with one attached hydrogen (secondary N) is 2. The molecule has 0 bridgehead atoms. The van der Waals surface area contributed by atoms with E-state index in [-0.39, 0.29) is 52.5 Å². The quantitative estimate of drug-likeness (QED) is 0.134. The number of hydrogen-bond donors (Lipinski definition) is 8. The number of hydrogen-bond acceptors (Lipinski definition) is 14. The second kappa shape index (κ2) is 18.6. The molecular weight excluding hydrogens is 672 g/mol. The van der Waals surface area contributed by atoms with E-state index in [0.717, 1.165) is 11.1 Å². The zero-order chi connectivity index (χ0) is 36.4. The standard InChI is InChI=1S/C35H48N2O14/c38-13-23-29(42)31(44)27-33(50-23)48-19-35(17-46-15-21-7-3-1-4-8-21,18-47-16-22-9-5-2-6-10-22)20-49-34-28(32(45)30(43)24(14-39)51-34)37-26(41)12-11-25(40)36-27/h1-10,23-24,27-34,38-39,42-45H,11-20H2,(H,36,40)(H,37,41)/t23-,24-,27-,28-,29-,30-,31-,32-,33-,34-/m1/s1. The maximum atomic E-state index is 13.0. The van der Waals surface area contributed by atoms with Crippen LogP contribution in [-0.4, -0.2) is 143 Å². The molecule has 16 nitrogen and oxygen atoms in total. The summed E-state index contributed by atoms with van der Waals surface area (Å²) < 4.78 is 36.6. The van der Waals surface area contributed by atoms with Crippen LogP contribution in [0.15, 0.2) is 60.7 Å². The third-order valence-electron chi connectivity index (χ3n) is 9.14. The zero-order valence-corrected chi connectivity index (χ0v) is 28.1. The second-order valence-electron chi connectivity index (χ2n) is 13.2. The van der Waals surface area contributed by atoms with Crippen molar-refractivity contribution in [2.75, 3.05) is 39.6 Å². The molecule has 3 aliphatic rings. The van der Waals surface area contributed by atoms with Crippen molar-refractivity contribution in [1.29, 1.82) is 0 Å². The first-order valence-corrected chi connectivity index (χ1v) is 16.9. The van der Waals surface area contributed by atoms with Gasteiger partial charge in [0.05, 0.1) is 58.3 Å². The zero-order valence-electron chi connectivity index (χ0n) is 28.1. The molecule has 16 heteroatoms. The van der Waals surface area contributed by atoms with Gasteiger partial charge >= 0.3 is 0 Å². The van der Waals surface area contributed by atoms with Gasteiger partial charge in [-0.1, -0.05) is 60.7 Å². The highest BCUT2D eigenvalue weighted by Crippen LogP contribution is 2.30. The first-order valence-electron chi connectivity index (χ1n) is 16.9. The molecule has 0 spiro atoms. The van der Waals surface area contributed by atoms with E-state index in [1.54, 1.807) is 0 Å². The number of fused-ring (bicyclic) bond motifs is 2. The SMILES string of the molecule is O=C1CCC(=O)N[C@H]2[C@H](OCC(COCc3ccccc3)(COCc3ccccc3)CO[C@@H]3O[C@H](CO)[C@@H](O)[C@H](O)[C@H]3N1)O[C@H](CO)[C@@H](O)[C@@H]2O. The summed E-state index contributed by atoms with van der Waals surface area (Å²) in [6.45, 7) is -1.58. The monoisotopic (exact) mass is 720 g/mol. The number of amides is 2. The maximum absolute atomic E-state index is 13.0. The van der Waals surface area contributed by atoms with Crippen molar-refractivity contribution in [1.82, 2.24) is 10.6 Å². The minimum atomic E-state index is -1.62. The number of carbonyl (C=O) groups excluding carboxylic acids is 2. The number of carbonyl (C=O) groups is 2. The Labute approximate surface area is 295 Å². The Bertz CT molecular complexity index is 1270. The highest BCUT2D eigenvalue weighted by molar-refractivity contribution is 5.84. The molecule has 2 aromatic carbocycles. The van der Waals surface area contributed by atoms with Gasteiger partial charge < -0.3 is 69.7 Å². The Balaban J connectivity index is 1.49. The number of benzene rings is 2. The van der Waals surface area contributed by atoms with Gasteiger partial charge in [-0.25, -0.2) is 0 Å². The Kier molecular flexibility index (Phi) is 14.3. The molecule has 51 heavy (non-hydrogen) atoms. The summed E-state index contributed by atoms with van der Waals surface area (Å²) in [5, 5.41) is 68.2. The molecule has 2 aromatic rings. The predicted molar refractivity (Wildman–Crippen MR) is 175 cm³/mol. The van der Waals surface area contributed by atoms with Crippen molar-refractivity contribution in [2.45, 2.75) is 87.3 Å². The lowest BCUT2D eigenvalue weighted by Gasteiger charge is -2.45. The van der Waals surface area contributed by atoms with E-state index >= 15 is 0 Å². The van der Waals surface area contributed by atoms with E-state index in [1.165, 1.54) is 0 Å². The molecule has 0 unspecified atom stereocenters. The summed E-state index contributed by atoms with van der Waals surface area (Å²) in [4.78, 5) is 26.1. The van der Waals surface area contributed by atoms with Gasteiger partial charge in [0.2, 0.25) is 11.8 Å². The largest absolute Gasteiger partial charge is 0.394 e. The van der Waals surface area contributed by atoms with Crippen molar-refractivity contribution in [2.24, 2.45) is 5.41 Å². The molecule has 8 N–H and O–H groups in total. The smallest absolute Gasteiger partial charge is 0.220 e. The fourth-order valence-electron chi connectivity index (χ4n) is 6.19. The summed E-state index contributed by atoms with van der Waals surface area (Å²) in [7, 11) is 0. The lowest BCUT2D eigenvalue weighted by molar-refractivity contribution is -0.295. The van der Waals surface area contributed by atoms with E-state index < -0.39 is 91.7 Å². The summed E-state index contributed by atoms with van der Waals surface area (Å²) >= 11 is 0. The van der Waals surface area contributed by atoms with Gasteiger partial charge in [-0.3, -0.25) is 9.59 Å². The van der Waals surface area contributed by atoms with E-state index in [2.05, 4.69) is 10.6 Å². The van der Waals surface area contributed by atoms with Crippen LogP contribution in [0.25, 0.3) is 0 Å². The normalized spacial score (nSPS) is 33.5. The summed E-state index contributed by atoms with van der Waals surface area (Å²) in [6, 6.07) is 16.1. The maximum Gasteiger partial charge on any atom is 0.220 e. The van der Waals surface area contributed by atoms with E-state index in [4.69, 9.17) is 28.4 Å². The summed E-state index contributed by atoms with van der Waals surface area (Å²) in [5.41, 5.74) is 0.532. The van der Waals surface area contributed by atoms with Crippen LogP contribution < -0.4 is 10.6 Å². The number of aliphatic hydroxyl groups excluding tert-OH is 6. The number of aliphatic hydroxyl groups is 6. The second-order valence-corrected chi connectivity index (χ2v) is 13.2. The van der Waals surface area contributed by atoms with Gasteiger partial charge in [0, 0.05) is 12.8 Å². The molecule has 282 valence electrons. The van der Waals surface area contributed by atoms with Gasteiger partial charge in [0.1, 0.15) is 48.7 Å². The molecular formula is C35H48N2O14. The third kappa shape index (κ3) is 10.3. The van der Waals surface area contributed by atoms with E-state index in [1.807, 2.05) is 60.7 Å². The van der Waals surface area contributed by atoms with Crippen molar-refractivity contribution in [3.8, 4) is 0 Å². The number of ether oxygens (including phenoxy) is 6. The van der Waals surface area contributed by atoms with Gasteiger partial charge in [0.15, 0.2) is 12.6 Å². The van der Waals surface area contributed by atoms with Crippen LogP contribution >= 0.6 is 0 Å². The van der Waals surface area contributed by atoms with Crippen molar-refractivity contribution in [3.63, 3.8) is 0 Å². The van der Waals surface area contributed by atoms with Crippen LogP contribution in [0.4, 0.5) is 0 Å². The molecule has 3 heterocycles. The van der Waals surface area contributed by atoms with E-state index in [9.17, 15) is 40.2 Å². The molecule has 5 rings (SSSR count). The average Bonchev–Trinajstić information content (AvgIpc) is 3.14. The van der Waals surface area contributed by atoms with Crippen molar-refractivity contribution >= 4 is 11.8 Å². The van der Waals surface area contributed by atoms with Crippen LogP contribution in [0.3, 0.4) is 0 Å². The first kappa shape index (κ1) is 39.1. The fraction of sp³-hybridized carbons (Fsp3) is 0.600. The molecule has 0 saturated carbocycles. The first-order chi connectivity index (χ1) is 24.6.